The van der Waals surface area contributed by atoms with E-state index in [1.54, 1.807) is 13.2 Å². The number of nitrogens with two attached hydrogens (primary N) is 1. The average Bonchev–Trinajstić information content (AvgIpc) is 2.75. The Bertz CT molecular complexity index is 367. The molecule has 0 spiro atoms. The van der Waals surface area contributed by atoms with Crippen molar-refractivity contribution < 1.29 is 18.9 Å². The predicted octanol–water partition coefficient (Wildman–Crippen LogP) is 0.899. The highest BCUT2D eigenvalue weighted by atomic mass is 16.7. The molecule has 1 heterocycles. The Morgan fingerprint density at radius 1 is 1.25 bits per heavy atom. The molecule has 0 aromatic heterocycles. The Morgan fingerprint density at radius 3 is 2.69 bits per heavy atom. The molecule has 88 valence electrons. The van der Waals surface area contributed by atoms with Crippen LogP contribution >= 0.6 is 0 Å². The van der Waals surface area contributed by atoms with Gasteiger partial charge in [-0.25, -0.2) is 0 Å². The first-order chi connectivity index (χ1) is 7.85. The van der Waals surface area contributed by atoms with Gasteiger partial charge in [-0.2, -0.15) is 0 Å². The third-order valence-electron chi connectivity index (χ3n) is 2.32. The number of methoxy groups -OCH3 is 1. The molecule has 5 heteroatoms. The Balaban J connectivity index is 2.15. The molecular formula is C11H15NO4. The van der Waals surface area contributed by atoms with E-state index in [1.807, 2.05) is 6.07 Å². The second-order valence-corrected chi connectivity index (χ2v) is 3.36. The molecule has 0 fully saturated rings. The number of hydrogen-bond donors (Lipinski definition) is 1. The van der Waals surface area contributed by atoms with Crippen LogP contribution in [0.5, 0.6) is 17.2 Å². The highest BCUT2D eigenvalue weighted by Gasteiger charge is 2.17. The van der Waals surface area contributed by atoms with E-state index in [9.17, 15) is 0 Å². The Kier molecular flexibility index (Phi) is 3.48. The lowest BCUT2D eigenvalue weighted by Gasteiger charge is -2.10. The molecule has 0 bridgehead atoms. The van der Waals surface area contributed by atoms with Crippen molar-refractivity contribution in [2.45, 2.75) is 6.54 Å². The molecule has 0 unspecified atom stereocenters. The molecule has 2 rings (SSSR count). The van der Waals surface area contributed by atoms with E-state index in [4.69, 9.17) is 24.7 Å². The number of fused-ring (bicyclic) bond motifs is 1. The predicted molar refractivity (Wildman–Crippen MR) is 57.8 cm³/mol. The normalized spacial score (nSPS) is 12.9. The fourth-order valence-corrected chi connectivity index (χ4v) is 1.49. The van der Waals surface area contributed by atoms with Gasteiger partial charge in [0.1, 0.15) is 12.4 Å². The summed E-state index contributed by atoms with van der Waals surface area (Å²) in [6, 6.07) is 3.66. The maximum Gasteiger partial charge on any atom is 0.231 e. The average molecular weight is 225 g/mol. The molecule has 0 amide bonds. The summed E-state index contributed by atoms with van der Waals surface area (Å²) in [7, 11) is 1.63. The van der Waals surface area contributed by atoms with Gasteiger partial charge in [0.25, 0.3) is 0 Å². The second kappa shape index (κ2) is 5.05. The summed E-state index contributed by atoms with van der Waals surface area (Å²) >= 11 is 0. The van der Waals surface area contributed by atoms with Gasteiger partial charge in [0.15, 0.2) is 11.5 Å². The van der Waals surface area contributed by atoms with E-state index in [1.165, 1.54) is 0 Å². The first kappa shape index (κ1) is 11.0. The van der Waals surface area contributed by atoms with Crippen LogP contribution in [-0.2, 0) is 11.3 Å². The quantitative estimate of drug-likeness (QED) is 0.754. The van der Waals surface area contributed by atoms with Crippen molar-refractivity contribution in [2.24, 2.45) is 5.73 Å². The van der Waals surface area contributed by atoms with Crippen LogP contribution in [0.1, 0.15) is 5.56 Å². The SMILES string of the molecule is COCCOc1cc2c(cc1CN)OCO2. The summed E-state index contributed by atoms with van der Waals surface area (Å²) < 4.78 is 21.0. The molecule has 0 atom stereocenters. The van der Waals surface area contributed by atoms with E-state index >= 15 is 0 Å². The minimum atomic E-state index is 0.251. The molecule has 0 radical (unpaired) electrons. The van der Waals surface area contributed by atoms with Gasteiger partial charge < -0.3 is 24.7 Å². The van der Waals surface area contributed by atoms with Crippen LogP contribution in [0.2, 0.25) is 0 Å². The van der Waals surface area contributed by atoms with Crippen LogP contribution in [0.15, 0.2) is 12.1 Å². The van der Waals surface area contributed by atoms with Gasteiger partial charge in [-0.05, 0) is 6.07 Å². The summed E-state index contributed by atoms with van der Waals surface area (Å²) in [6.45, 7) is 1.68. The minimum absolute atomic E-state index is 0.251. The summed E-state index contributed by atoms with van der Waals surface area (Å²) in [5.74, 6) is 2.15. The topological polar surface area (TPSA) is 62.9 Å². The summed E-state index contributed by atoms with van der Waals surface area (Å²) in [4.78, 5) is 0. The lowest BCUT2D eigenvalue weighted by Crippen LogP contribution is -2.07. The third-order valence-corrected chi connectivity index (χ3v) is 2.32. The first-order valence-electron chi connectivity index (χ1n) is 5.09. The third kappa shape index (κ3) is 2.20. The molecule has 0 saturated carbocycles. The van der Waals surface area contributed by atoms with Crippen LogP contribution in [-0.4, -0.2) is 27.1 Å². The maximum atomic E-state index is 5.64. The zero-order valence-corrected chi connectivity index (χ0v) is 9.19. The Labute approximate surface area is 94.0 Å². The van der Waals surface area contributed by atoms with Gasteiger partial charge in [0.2, 0.25) is 6.79 Å². The molecule has 1 aliphatic rings. The molecule has 16 heavy (non-hydrogen) atoms. The second-order valence-electron chi connectivity index (χ2n) is 3.36. The Morgan fingerprint density at radius 2 is 2.00 bits per heavy atom. The summed E-state index contributed by atoms with van der Waals surface area (Å²) in [5, 5.41) is 0. The minimum Gasteiger partial charge on any atom is -0.491 e. The van der Waals surface area contributed by atoms with E-state index in [2.05, 4.69) is 0 Å². The van der Waals surface area contributed by atoms with Crippen molar-refractivity contribution in [3.8, 4) is 17.2 Å². The van der Waals surface area contributed by atoms with Crippen LogP contribution in [0, 0.1) is 0 Å². The van der Waals surface area contributed by atoms with Gasteiger partial charge in [-0.1, -0.05) is 0 Å². The zero-order valence-electron chi connectivity index (χ0n) is 9.19. The van der Waals surface area contributed by atoms with E-state index in [0.717, 1.165) is 17.1 Å². The highest BCUT2D eigenvalue weighted by molar-refractivity contribution is 5.51. The number of rotatable bonds is 5. The van der Waals surface area contributed by atoms with Crippen molar-refractivity contribution in [3.05, 3.63) is 17.7 Å². The van der Waals surface area contributed by atoms with E-state index < -0.39 is 0 Å². The largest absolute Gasteiger partial charge is 0.491 e. The van der Waals surface area contributed by atoms with Gasteiger partial charge in [-0.15, -0.1) is 0 Å². The smallest absolute Gasteiger partial charge is 0.231 e. The van der Waals surface area contributed by atoms with Crippen LogP contribution < -0.4 is 19.9 Å². The first-order valence-corrected chi connectivity index (χ1v) is 5.09. The fourth-order valence-electron chi connectivity index (χ4n) is 1.49. The molecule has 5 nitrogen and oxygen atoms in total. The highest BCUT2D eigenvalue weighted by Crippen LogP contribution is 2.37. The van der Waals surface area contributed by atoms with Crippen LogP contribution in [0.25, 0.3) is 0 Å². The van der Waals surface area contributed by atoms with Gasteiger partial charge >= 0.3 is 0 Å². The standard InChI is InChI=1S/C11H15NO4/c1-13-2-3-14-9-5-11-10(15-7-16-11)4-8(9)6-12/h4-5H,2-3,6-7,12H2,1H3. The fraction of sp³-hybridized carbons (Fsp3) is 0.455. The van der Waals surface area contributed by atoms with Crippen LogP contribution in [0.4, 0.5) is 0 Å². The Hall–Kier alpha value is -1.46. The number of hydrogen-bond acceptors (Lipinski definition) is 5. The molecule has 1 aromatic rings. The van der Waals surface area contributed by atoms with E-state index in [0.29, 0.717) is 25.5 Å². The van der Waals surface area contributed by atoms with Gasteiger partial charge in [0, 0.05) is 25.3 Å². The van der Waals surface area contributed by atoms with Crippen molar-refractivity contribution >= 4 is 0 Å². The molecular weight excluding hydrogens is 210 g/mol. The van der Waals surface area contributed by atoms with Crippen molar-refractivity contribution in [1.82, 2.24) is 0 Å². The lowest BCUT2D eigenvalue weighted by atomic mass is 10.2. The van der Waals surface area contributed by atoms with Crippen molar-refractivity contribution in [2.75, 3.05) is 27.1 Å². The lowest BCUT2D eigenvalue weighted by molar-refractivity contribution is 0.145. The molecule has 1 aliphatic heterocycles. The van der Waals surface area contributed by atoms with Crippen LogP contribution in [0.3, 0.4) is 0 Å². The number of ether oxygens (including phenoxy) is 4. The summed E-state index contributed by atoms with van der Waals surface area (Å²) in [6.07, 6.45) is 0. The molecule has 0 aliphatic carbocycles. The van der Waals surface area contributed by atoms with Gasteiger partial charge in [0.05, 0.1) is 6.61 Å². The molecule has 2 N–H and O–H groups in total. The molecule has 1 aromatic carbocycles. The monoisotopic (exact) mass is 225 g/mol. The maximum absolute atomic E-state index is 5.64. The molecule has 0 saturated heterocycles. The number of benzene rings is 1. The van der Waals surface area contributed by atoms with Crippen molar-refractivity contribution in [3.63, 3.8) is 0 Å². The van der Waals surface area contributed by atoms with Gasteiger partial charge in [-0.3, -0.25) is 0 Å². The van der Waals surface area contributed by atoms with E-state index in [-0.39, 0.29) is 6.79 Å². The zero-order chi connectivity index (χ0) is 11.4. The summed E-state index contributed by atoms with van der Waals surface area (Å²) in [5.41, 5.74) is 6.54. The van der Waals surface area contributed by atoms with Crippen molar-refractivity contribution in [1.29, 1.82) is 0 Å².